The molecule has 0 aliphatic carbocycles. The van der Waals surface area contributed by atoms with Gasteiger partial charge < -0.3 is 5.73 Å². The van der Waals surface area contributed by atoms with Crippen LogP contribution in [0.25, 0.3) is 10.4 Å². The maximum Gasteiger partial charge on any atom is 0.150 e. The van der Waals surface area contributed by atoms with E-state index < -0.39 is 0 Å². The highest BCUT2D eigenvalue weighted by Crippen LogP contribution is 2.35. The first kappa shape index (κ1) is 13.5. The Bertz CT molecular complexity index is 538. The third-order valence-corrected chi connectivity index (χ3v) is 4.35. The van der Waals surface area contributed by atoms with E-state index in [4.69, 9.17) is 17.3 Å². The van der Waals surface area contributed by atoms with Crippen molar-refractivity contribution in [3.05, 3.63) is 46.0 Å². The fourth-order valence-electron chi connectivity index (χ4n) is 1.84. The van der Waals surface area contributed by atoms with Gasteiger partial charge in [0.05, 0.1) is 5.02 Å². The van der Waals surface area contributed by atoms with Gasteiger partial charge in [-0.1, -0.05) is 37.1 Å². The number of nitrogens with two attached hydrogens (primary N) is 1. The van der Waals surface area contributed by atoms with Gasteiger partial charge in [-0.25, -0.2) is 4.39 Å². The summed E-state index contributed by atoms with van der Waals surface area (Å²) in [5, 5.41) is 0.153. The van der Waals surface area contributed by atoms with Crippen LogP contribution in [-0.4, -0.2) is 0 Å². The largest absolute Gasteiger partial charge is 0.323 e. The van der Waals surface area contributed by atoms with E-state index in [1.54, 1.807) is 18.2 Å². The minimum absolute atomic E-state index is 0.0380. The van der Waals surface area contributed by atoms with Crippen molar-refractivity contribution in [2.45, 2.75) is 25.8 Å². The maximum absolute atomic E-state index is 13.9. The van der Waals surface area contributed by atoms with Gasteiger partial charge in [0.1, 0.15) is 5.82 Å². The zero-order valence-corrected chi connectivity index (χ0v) is 11.7. The first-order chi connectivity index (χ1) is 8.63. The Balaban J connectivity index is 2.32. The van der Waals surface area contributed by atoms with Crippen molar-refractivity contribution in [1.82, 2.24) is 0 Å². The van der Waals surface area contributed by atoms with Crippen molar-refractivity contribution in [2.75, 3.05) is 0 Å². The van der Waals surface area contributed by atoms with Crippen molar-refractivity contribution >= 4 is 22.9 Å². The van der Waals surface area contributed by atoms with Gasteiger partial charge in [-0.2, -0.15) is 0 Å². The Morgan fingerprint density at radius 3 is 2.83 bits per heavy atom. The topological polar surface area (TPSA) is 26.0 Å². The summed E-state index contributed by atoms with van der Waals surface area (Å²) in [6.45, 7) is 2.10. The molecule has 2 aromatic rings. The number of benzene rings is 1. The molecule has 4 heteroatoms. The molecule has 0 aliphatic rings. The highest BCUT2D eigenvalue weighted by molar-refractivity contribution is 7.15. The van der Waals surface area contributed by atoms with Gasteiger partial charge in [0.25, 0.3) is 0 Å². The first-order valence-electron chi connectivity index (χ1n) is 5.93. The molecule has 2 N–H and O–H groups in total. The van der Waals surface area contributed by atoms with Gasteiger partial charge in [0, 0.05) is 21.4 Å². The Morgan fingerprint density at radius 2 is 2.11 bits per heavy atom. The molecular formula is C14H15ClFNS. The predicted molar refractivity (Wildman–Crippen MR) is 76.6 cm³/mol. The fraction of sp³-hybridized carbons (Fsp3) is 0.286. The summed E-state index contributed by atoms with van der Waals surface area (Å²) < 4.78 is 13.9. The van der Waals surface area contributed by atoms with Gasteiger partial charge in [-0.15, -0.1) is 11.3 Å². The lowest BCUT2D eigenvalue weighted by Gasteiger charge is -2.06. The van der Waals surface area contributed by atoms with E-state index >= 15 is 0 Å². The molecular weight excluding hydrogens is 269 g/mol. The smallest absolute Gasteiger partial charge is 0.150 e. The molecule has 0 radical (unpaired) electrons. The van der Waals surface area contributed by atoms with Crippen LogP contribution in [0.5, 0.6) is 0 Å². The second kappa shape index (κ2) is 5.83. The number of hydrogen-bond donors (Lipinski definition) is 1. The lowest BCUT2D eigenvalue weighted by Crippen LogP contribution is -2.07. The average molecular weight is 284 g/mol. The van der Waals surface area contributed by atoms with Crippen LogP contribution in [-0.2, 0) is 0 Å². The molecule has 1 unspecified atom stereocenters. The van der Waals surface area contributed by atoms with Crippen LogP contribution in [0.15, 0.2) is 30.3 Å². The standard InChI is InChI=1S/C14H15ClFNS/c1-2-4-11(17)13-8-7-12(18-13)9-5-3-6-10(15)14(9)16/h3,5-8,11H,2,4,17H2,1H3. The van der Waals surface area contributed by atoms with Crippen molar-refractivity contribution < 1.29 is 4.39 Å². The van der Waals surface area contributed by atoms with Gasteiger partial charge in [-0.05, 0) is 24.6 Å². The molecule has 1 aromatic heterocycles. The normalized spacial score (nSPS) is 12.7. The molecule has 0 bridgehead atoms. The van der Waals surface area contributed by atoms with Crippen LogP contribution in [0, 0.1) is 5.82 Å². The van der Waals surface area contributed by atoms with E-state index in [2.05, 4.69) is 6.92 Å². The molecule has 0 spiro atoms. The molecule has 0 amide bonds. The predicted octanol–water partition coefficient (Wildman–Crippen LogP) is 5.01. The molecule has 0 saturated heterocycles. The molecule has 0 fully saturated rings. The Labute approximate surface area is 115 Å². The Morgan fingerprint density at radius 1 is 1.33 bits per heavy atom. The maximum atomic E-state index is 13.9. The quantitative estimate of drug-likeness (QED) is 0.839. The monoisotopic (exact) mass is 283 g/mol. The summed E-state index contributed by atoms with van der Waals surface area (Å²) in [5.74, 6) is -0.364. The van der Waals surface area contributed by atoms with Crippen LogP contribution in [0.3, 0.4) is 0 Å². The second-order valence-corrected chi connectivity index (χ2v) is 5.72. The summed E-state index contributed by atoms with van der Waals surface area (Å²) >= 11 is 7.32. The highest BCUT2D eigenvalue weighted by Gasteiger charge is 2.13. The van der Waals surface area contributed by atoms with Crippen molar-refractivity contribution in [3.63, 3.8) is 0 Å². The second-order valence-electron chi connectivity index (χ2n) is 4.20. The summed E-state index contributed by atoms with van der Waals surface area (Å²) in [6.07, 6.45) is 1.98. The van der Waals surface area contributed by atoms with Gasteiger partial charge in [0.2, 0.25) is 0 Å². The number of halogens is 2. The highest BCUT2D eigenvalue weighted by atomic mass is 35.5. The summed E-state index contributed by atoms with van der Waals surface area (Å²) in [7, 11) is 0. The molecule has 1 aromatic carbocycles. The summed E-state index contributed by atoms with van der Waals surface area (Å²) in [6, 6.07) is 8.97. The van der Waals surface area contributed by atoms with Crippen LogP contribution in [0.2, 0.25) is 5.02 Å². The Kier molecular flexibility index (Phi) is 4.38. The molecule has 2 rings (SSSR count). The van der Waals surface area contributed by atoms with Crippen molar-refractivity contribution in [3.8, 4) is 10.4 Å². The molecule has 0 saturated carbocycles. The molecule has 18 heavy (non-hydrogen) atoms. The summed E-state index contributed by atoms with van der Waals surface area (Å²) in [4.78, 5) is 1.96. The van der Waals surface area contributed by atoms with Gasteiger partial charge in [0.15, 0.2) is 0 Å². The zero-order chi connectivity index (χ0) is 13.1. The van der Waals surface area contributed by atoms with E-state index in [-0.39, 0.29) is 16.9 Å². The van der Waals surface area contributed by atoms with E-state index in [9.17, 15) is 4.39 Å². The first-order valence-corrected chi connectivity index (χ1v) is 7.12. The zero-order valence-electron chi connectivity index (χ0n) is 10.1. The lowest BCUT2D eigenvalue weighted by molar-refractivity contribution is 0.632. The van der Waals surface area contributed by atoms with E-state index in [1.807, 2.05) is 12.1 Å². The fourth-order valence-corrected chi connectivity index (χ4v) is 3.08. The van der Waals surface area contributed by atoms with Crippen LogP contribution < -0.4 is 5.73 Å². The Hall–Kier alpha value is -0.900. The number of rotatable bonds is 4. The molecule has 1 nitrogen and oxygen atoms in total. The van der Waals surface area contributed by atoms with Crippen molar-refractivity contribution in [1.29, 1.82) is 0 Å². The van der Waals surface area contributed by atoms with Gasteiger partial charge in [-0.3, -0.25) is 0 Å². The minimum atomic E-state index is -0.364. The third-order valence-electron chi connectivity index (χ3n) is 2.81. The SMILES string of the molecule is CCCC(N)c1ccc(-c2cccc(Cl)c2F)s1. The van der Waals surface area contributed by atoms with Gasteiger partial charge >= 0.3 is 0 Å². The van der Waals surface area contributed by atoms with Crippen LogP contribution >= 0.6 is 22.9 Å². The lowest BCUT2D eigenvalue weighted by atomic mass is 10.1. The van der Waals surface area contributed by atoms with E-state index in [1.165, 1.54) is 11.3 Å². The van der Waals surface area contributed by atoms with Crippen molar-refractivity contribution in [2.24, 2.45) is 5.73 Å². The third kappa shape index (κ3) is 2.74. The van der Waals surface area contributed by atoms with E-state index in [0.29, 0.717) is 5.56 Å². The van der Waals surface area contributed by atoms with Crippen LogP contribution in [0.1, 0.15) is 30.7 Å². The number of hydrogen-bond acceptors (Lipinski definition) is 2. The molecule has 1 atom stereocenters. The number of thiophene rings is 1. The van der Waals surface area contributed by atoms with Crippen LogP contribution in [0.4, 0.5) is 4.39 Å². The minimum Gasteiger partial charge on any atom is -0.323 e. The van der Waals surface area contributed by atoms with E-state index in [0.717, 1.165) is 22.6 Å². The summed E-state index contributed by atoms with van der Waals surface area (Å²) in [5.41, 5.74) is 6.60. The molecule has 0 aliphatic heterocycles. The average Bonchev–Trinajstić information content (AvgIpc) is 2.82. The molecule has 1 heterocycles. The molecule has 96 valence electrons.